The lowest BCUT2D eigenvalue weighted by Gasteiger charge is -2.34. The van der Waals surface area contributed by atoms with E-state index < -0.39 is 0 Å². The lowest BCUT2D eigenvalue weighted by Crippen LogP contribution is -2.48. The molecule has 2 aromatic carbocycles. The molecule has 37 heavy (non-hydrogen) atoms. The molecule has 2 fully saturated rings. The summed E-state index contributed by atoms with van der Waals surface area (Å²) in [5.74, 6) is 1.71. The molecule has 1 amide bonds. The molecule has 2 saturated heterocycles. The lowest BCUT2D eigenvalue weighted by molar-refractivity contribution is 0.0628. The molecule has 3 aromatic rings. The Morgan fingerprint density at radius 1 is 0.865 bits per heavy atom. The van der Waals surface area contributed by atoms with Gasteiger partial charge in [0.15, 0.2) is 5.16 Å². The zero-order valence-corrected chi connectivity index (χ0v) is 22.8. The van der Waals surface area contributed by atoms with E-state index in [-0.39, 0.29) is 5.91 Å². The summed E-state index contributed by atoms with van der Waals surface area (Å²) in [7, 11) is 2.14. The summed E-state index contributed by atoms with van der Waals surface area (Å²) in [5, 5.41) is 1.14. The van der Waals surface area contributed by atoms with Crippen molar-refractivity contribution in [2.45, 2.75) is 17.5 Å². The summed E-state index contributed by atoms with van der Waals surface area (Å²) in [6.45, 7) is 8.13. The van der Waals surface area contributed by atoms with Crippen LogP contribution in [0.4, 0.5) is 5.82 Å². The fourth-order valence-electron chi connectivity index (χ4n) is 4.67. The SMILES string of the molecule is CN1CCN(c2cc(Cl)nc(SCc3ccc(C(=O)N4CCN(Cc5ccccc5)CC4)cc3)n2)CC1. The maximum absolute atomic E-state index is 13.1. The van der Waals surface area contributed by atoms with Crippen molar-refractivity contribution in [3.05, 3.63) is 82.5 Å². The maximum Gasteiger partial charge on any atom is 0.253 e. The average molecular weight is 537 g/mol. The second kappa shape index (κ2) is 12.3. The molecule has 0 atom stereocenters. The number of thioether (sulfide) groups is 1. The Morgan fingerprint density at radius 3 is 2.27 bits per heavy atom. The second-order valence-electron chi connectivity index (χ2n) is 9.66. The third kappa shape index (κ3) is 7.02. The molecule has 0 radical (unpaired) electrons. The molecule has 0 bridgehead atoms. The van der Waals surface area contributed by atoms with Crippen LogP contribution in [0.2, 0.25) is 5.15 Å². The van der Waals surface area contributed by atoms with E-state index in [1.54, 1.807) is 11.8 Å². The number of aromatic nitrogens is 2. The summed E-state index contributed by atoms with van der Waals surface area (Å²) in [4.78, 5) is 31.2. The molecule has 5 rings (SSSR count). The number of hydrogen-bond donors (Lipinski definition) is 0. The van der Waals surface area contributed by atoms with E-state index in [1.807, 2.05) is 41.3 Å². The van der Waals surface area contributed by atoms with Crippen LogP contribution in [-0.2, 0) is 12.3 Å². The van der Waals surface area contributed by atoms with E-state index in [1.165, 1.54) is 5.56 Å². The van der Waals surface area contributed by atoms with Crippen molar-refractivity contribution in [3.63, 3.8) is 0 Å². The molecule has 3 heterocycles. The quantitative estimate of drug-likeness (QED) is 0.256. The minimum absolute atomic E-state index is 0.105. The molecule has 9 heteroatoms. The smallest absolute Gasteiger partial charge is 0.253 e. The molecule has 2 aliphatic rings. The van der Waals surface area contributed by atoms with Gasteiger partial charge in [-0.05, 0) is 30.3 Å². The van der Waals surface area contributed by atoms with Crippen molar-refractivity contribution in [2.24, 2.45) is 0 Å². The Kier molecular flexibility index (Phi) is 8.61. The molecule has 0 unspecified atom stereocenters. The van der Waals surface area contributed by atoms with Gasteiger partial charge in [-0.25, -0.2) is 9.97 Å². The Morgan fingerprint density at radius 2 is 1.57 bits per heavy atom. The number of carbonyl (C=O) groups excluding carboxylic acids is 1. The van der Waals surface area contributed by atoms with Crippen LogP contribution >= 0.6 is 23.4 Å². The summed E-state index contributed by atoms with van der Waals surface area (Å²) < 4.78 is 0. The van der Waals surface area contributed by atoms with Gasteiger partial charge in [0.2, 0.25) is 0 Å². The highest BCUT2D eigenvalue weighted by Crippen LogP contribution is 2.25. The van der Waals surface area contributed by atoms with Gasteiger partial charge in [0.1, 0.15) is 11.0 Å². The van der Waals surface area contributed by atoms with Gasteiger partial charge in [-0.2, -0.15) is 0 Å². The molecule has 0 spiro atoms. The number of amides is 1. The Hall–Kier alpha value is -2.65. The van der Waals surface area contributed by atoms with Gasteiger partial charge < -0.3 is 14.7 Å². The van der Waals surface area contributed by atoms with Crippen molar-refractivity contribution in [3.8, 4) is 0 Å². The van der Waals surface area contributed by atoms with Crippen LogP contribution in [0.3, 0.4) is 0 Å². The molecule has 7 nitrogen and oxygen atoms in total. The van der Waals surface area contributed by atoms with Gasteiger partial charge in [0, 0.05) is 76.3 Å². The second-order valence-corrected chi connectivity index (χ2v) is 11.0. The summed E-state index contributed by atoms with van der Waals surface area (Å²) >= 11 is 7.88. The largest absolute Gasteiger partial charge is 0.354 e. The number of rotatable bonds is 7. The Labute approximate surface area is 228 Å². The number of likely N-dealkylation sites (N-methyl/N-ethyl adjacent to an activating group) is 1. The summed E-state index contributed by atoms with van der Waals surface area (Å²) in [6, 6.07) is 20.3. The first-order valence-electron chi connectivity index (χ1n) is 12.8. The molecular formula is C28H33ClN6OS. The lowest BCUT2D eigenvalue weighted by atomic mass is 10.1. The first kappa shape index (κ1) is 26.0. The number of benzene rings is 2. The first-order chi connectivity index (χ1) is 18.0. The van der Waals surface area contributed by atoms with Crippen molar-refractivity contribution < 1.29 is 4.79 Å². The number of hydrogen-bond acceptors (Lipinski definition) is 7. The molecule has 2 aliphatic heterocycles. The number of piperazine rings is 2. The predicted molar refractivity (Wildman–Crippen MR) is 150 cm³/mol. The van der Waals surface area contributed by atoms with Crippen LogP contribution < -0.4 is 4.90 Å². The third-order valence-electron chi connectivity index (χ3n) is 6.97. The normalized spacial score (nSPS) is 17.2. The molecule has 194 valence electrons. The van der Waals surface area contributed by atoms with Crippen LogP contribution in [0.25, 0.3) is 0 Å². The number of anilines is 1. The Balaban J connectivity index is 1.12. The molecule has 0 aliphatic carbocycles. The fraction of sp³-hybridized carbons (Fsp3) is 0.393. The van der Waals surface area contributed by atoms with E-state index in [0.29, 0.717) is 10.3 Å². The number of nitrogens with zero attached hydrogens (tertiary/aromatic N) is 6. The zero-order chi connectivity index (χ0) is 25.6. The minimum Gasteiger partial charge on any atom is -0.354 e. The van der Waals surface area contributed by atoms with Crippen molar-refractivity contribution in [1.82, 2.24) is 24.7 Å². The maximum atomic E-state index is 13.1. The van der Waals surface area contributed by atoms with Gasteiger partial charge in [-0.3, -0.25) is 9.69 Å². The van der Waals surface area contributed by atoms with E-state index in [4.69, 9.17) is 16.6 Å². The van der Waals surface area contributed by atoms with E-state index in [2.05, 4.69) is 51.0 Å². The molecule has 0 saturated carbocycles. The monoisotopic (exact) mass is 536 g/mol. The average Bonchev–Trinajstić information content (AvgIpc) is 2.93. The highest BCUT2D eigenvalue weighted by molar-refractivity contribution is 7.98. The Bertz CT molecular complexity index is 1180. The first-order valence-corrected chi connectivity index (χ1v) is 14.2. The van der Waals surface area contributed by atoms with Gasteiger partial charge in [0.25, 0.3) is 5.91 Å². The van der Waals surface area contributed by atoms with Gasteiger partial charge in [-0.1, -0.05) is 65.8 Å². The van der Waals surface area contributed by atoms with Crippen LogP contribution in [0.5, 0.6) is 0 Å². The highest BCUT2D eigenvalue weighted by Gasteiger charge is 2.22. The predicted octanol–water partition coefficient (Wildman–Crippen LogP) is 4.13. The molecular weight excluding hydrogens is 504 g/mol. The topological polar surface area (TPSA) is 55.8 Å². The van der Waals surface area contributed by atoms with Crippen molar-refractivity contribution in [2.75, 3.05) is 64.3 Å². The van der Waals surface area contributed by atoms with Crippen LogP contribution in [0.15, 0.2) is 65.8 Å². The van der Waals surface area contributed by atoms with Crippen molar-refractivity contribution >= 4 is 35.1 Å². The summed E-state index contributed by atoms with van der Waals surface area (Å²) in [6.07, 6.45) is 0. The van der Waals surface area contributed by atoms with Gasteiger partial charge in [-0.15, -0.1) is 0 Å². The minimum atomic E-state index is 0.105. The molecule has 1 aromatic heterocycles. The number of halogens is 1. The van der Waals surface area contributed by atoms with Crippen LogP contribution in [0.1, 0.15) is 21.5 Å². The fourth-order valence-corrected chi connectivity index (χ4v) is 5.71. The zero-order valence-electron chi connectivity index (χ0n) is 21.2. The standard InChI is InChI=1S/C28H33ClN6OS/c1-32-11-15-34(16-12-32)26-19-25(29)30-28(31-26)37-21-23-7-9-24(10-8-23)27(36)35-17-13-33(14-18-35)20-22-5-3-2-4-6-22/h2-10,19H,11-18,20-21H2,1H3. The summed E-state index contributed by atoms with van der Waals surface area (Å²) in [5.41, 5.74) is 3.18. The van der Waals surface area contributed by atoms with Crippen LogP contribution in [0, 0.1) is 0 Å². The van der Waals surface area contributed by atoms with E-state index in [0.717, 1.165) is 81.6 Å². The molecule has 0 N–H and O–H groups in total. The van der Waals surface area contributed by atoms with Gasteiger partial charge >= 0.3 is 0 Å². The van der Waals surface area contributed by atoms with Crippen molar-refractivity contribution in [1.29, 1.82) is 0 Å². The van der Waals surface area contributed by atoms with E-state index >= 15 is 0 Å². The van der Waals surface area contributed by atoms with Crippen LogP contribution in [-0.4, -0.2) is 90.0 Å². The van der Waals surface area contributed by atoms with Gasteiger partial charge in [0.05, 0.1) is 0 Å². The van der Waals surface area contributed by atoms with E-state index in [9.17, 15) is 4.79 Å². The third-order valence-corrected chi connectivity index (χ3v) is 8.08. The highest BCUT2D eigenvalue weighted by atomic mass is 35.5. The number of carbonyl (C=O) groups is 1.